The monoisotopic (exact) mass is 456 g/mol. The van der Waals surface area contributed by atoms with Crippen LogP contribution in [0, 0.1) is 6.92 Å². The van der Waals surface area contributed by atoms with Crippen LogP contribution in [0.5, 0.6) is 5.75 Å². The molecule has 6 nitrogen and oxygen atoms in total. The normalized spacial score (nSPS) is 18.0. The highest BCUT2D eigenvalue weighted by atomic mass is 32.1. The summed E-state index contributed by atoms with van der Waals surface area (Å²) >= 11 is 1.48. The van der Waals surface area contributed by atoms with Gasteiger partial charge in [0.05, 0.1) is 18.2 Å². The van der Waals surface area contributed by atoms with Gasteiger partial charge in [0.2, 0.25) is 0 Å². The largest absolute Gasteiger partial charge is 0.507 e. The van der Waals surface area contributed by atoms with E-state index in [4.69, 9.17) is 4.74 Å². The van der Waals surface area contributed by atoms with Crippen molar-refractivity contribution in [3.63, 3.8) is 0 Å². The molecule has 1 aliphatic heterocycles. The Morgan fingerprint density at radius 1 is 1.22 bits per heavy atom. The van der Waals surface area contributed by atoms with Gasteiger partial charge in [-0.1, -0.05) is 19.4 Å². The molecular weight excluding hydrogens is 424 g/mol. The number of aryl methyl sites for hydroxylation is 1. The molecule has 1 unspecified atom stereocenters. The molecular formula is C25H32N2O4S. The maximum atomic E-state index is 13.0. The van der Waals surface area contributed by atoms with Crippen molar-refractivity contribution < 1.29 is 19.4 Å². The molecule has 7 heteroatoms. The first-order valence-corrected chi connectivity index (χ1v) is 11.9. The predicted octanol–water partition coefficient (Wildman–Crippen LogP) is 4.61. The molecule has 1 aromatic heterocycles. The number of rotatable bonds is 10. The van der Waals surface area contributed by atoms with E-state index in [0.717, 1.165) is 42.0 Å². The highest BCUT2D eigenvalue weighted by molar-refractivity contribution is 7.10. The molecule has 3 rings (SSSR count). The molecule has 0 radical (unpaired) electrons. The van der Waals surface area contributed by atoms with E-state index < -0.39 is 17.7 Å². The number of aliphatic hydroxyl groups excluding tert-OH is 1. The van der Waals surface area contributed by atoms with Gasteiger partial charge in [-0.3, -0.25) is 9.59 Å². The number of benzene rings is 1. The summed E-state index contributed by atoms with van der Waals surface area (Å²) in [5, 5.41) is 13.1. The number of aliphatic hydroxyl groups is 1. The van der Waals surface area contributed by atoms with Crippen LogP contribution in [0.2, 0.25) is 0 Å². The fourth-order valence-electron chi connectivity index (χ4n) is 3.85. The van der Waals surface area contributed by atoms with Crippen LogP contribution in [-0.4, -0.2) is 60.4 Å². The van der Waals surface area contributed by atoms with Crippen molar-refractivity contribution in [2.45, 2.75) is 39.2 Å². The standard InChI is InChI=1S/C25H32N2O4S/c1-5-6-14-31-19-11-10-18(16-17(19)2)23(28)21-22(20-9-7-15-32-20)27(25(30)24(21)29)13-8-12-26(3)4/h7,9-11,15-16,22,28H,5-6,8,12-14H2,1-4H3/b23-21-. The van der Waals surface area contributed by atoms with Crippen LogP contribution in [0.15, 0.2) is 41.3 Å². The Hall–Kier alpha value is -2.64. The molecule has 0 spiro atoms. The molecule has 2 aromatic rings. The predicted molar refractivity (Wildman–Crippen MR) is 128 cm³/mol. The fourth-order valence-corrected chi connectivity index (χ4v) is 4.70. The number of hydrogen-bond acceptors (Lipinski definition) is 6. The summed E-state index contributed by atoms with van der Waals surface area (Å²) in [6, 6.07) is 8.59. The van der Waals surface area contributed by atoms with Crippen LogP contribution in [0.4, 0.5) is 0 Å². The zero-order chi connectivity index (χ0) is 23.3. The zero-order valence-electron chi connectivity index (χ0n) is 19.3. The number of ketones is 1. The topological polar surface area (TPSA) is 70.1 Å². The molecule has 1 aromatic carbocycles. The minimum absolute atomic E-state index is 0.139. The molecule has 1 fully saturated rings. The first-order valence-electron chi connectivity index (χ1n) is 11.1. The minimum atomic E-state index is -0.633. The van der Waals surface area contributed by atoms with Crippen molar-refractivity contribution >= 4 is 28.8 Å². The quantitative estimate of drug-likeness (QED) is 0.245. The Morgan fingerprint density at radius 2 is 2.00 bits per heavy atom. The summed E-state index contributed by atoms with van der Waals surface area (Å²) in [7, 11) is 3.95. The van der Waals surface area contributed by atoms with Crippen LogP contribution in [0.3, 0.4) is 0 Å². The highest BCUT2D eigenvalue weighted by Crippen LogP contribution is 2.41. The minimum Gasteiger partial charge on any atom is -0.507 e. The highest BCUT2D eigenvalue weighted by Gasteiger charge is 2.46. The van der Waals surface area contributed by atoms with Gasteiger partial charge in [0.1, 0.15) is 11.5 Å². The average Bonchev–Trinajstić information content (AvgIpc) is 3.37. The van der Waals surface area contributed by atoms with Crippen LogP contribution in [0.1, 0.15) is 48.2 Å². The van der Waals surface area contributed by atoms with Crippen molar-refractivity contribution in [3.05, 3.63) is 57.3 Å². The molecule has 0 aliphatic carbocycles. The maximum Gasteiger partial charge on any atom is 0.295 e. The molecule has 0 saturated carbocycles. The van der Waals surface area contributed by atoms with Crippen molar-refractivity contribution in [1.29, 1.82) is 0 Å². The smallest absolute Gasteiger partial charge is 0.295 e. The lowest BCUT2D eigenvalue weighted by Crippen LogP contribution is -2.32. The van der Waals surface area contributed by atoms with E-state index in [1.54, 1.807) is 11.0 Å². The van der Waals surface area contributed by atoms with Crippen molar-refractivity contribution in [1.82, 2.24) is 9.80 Å². The number of Topliss-reactive ketones (excluding diaryl/α,β-unsaturated/α-hetero) is 1. The summed E-state index contributed by atoms with van der Waals surface area (Å²) in [5.74, 6) is -0.569. The third-order valence-corrected chi connectivity index (χ3v) is 6.49. The van der Waals surface area contributed by atoms with Crippen LogP contribution < -0.4 is 4.74 Å². The van der Waals surface area contributed by atoms with Crippen LogP contribution >= 0.6 is 11.3 Å². The Bertz CT molecular complexity index is 982. The summed E-state index contributed by atoms with van der Waals surface area (Å²) in [4.78, 5) is 30.4. The molecule has 1 amide bonds. The Balaban J connectivity index is 1.96. The molecule has 172 valence electrons. The van der Waals surface area contributed by atoms with Gasteiger partial charge < -0.3 is 19.6 Å². The van der Waals surface area contributed by atoms with Gasteiger partial charge in [-0.15, -0.1) is 11.3 Å². The molecule has 0 bridgehead atoms. The zero-order valence-corrected chi connectivity index (χ0v) is 20.1. The van der Waals surface area contributed by atoms with Crippen LogP contribution in [0.25, 0.3) is 5.76 Å². The van der Waals surface area contributed by atoms with Gasteiger partial charge in [0.25, 0.3) is 11.7 Å². The summed E-state index contributed by atoms with van der Waals surface area (Å²) in [6.45, 7) is 5.91. The number of likely N-dealkylation sites (tertiary alicyclic amines) is 1. The van der Waals surface area contributed by atoms with E-state index in [0.29, 0.717) is 18.7 Å². The van der Waals surface area contributed by atoms with Gasteiger partial charge in [-0.25, -0.2) is 0 Å². The van der Waals surface area contributed by atoms with Crippen LogP contribution in [-0.2, 0) is 9.59 Å². The second kappa shape index (κ2) is 10.8. The van der Waals surface area contributed by atoms with Gasteiger partial charge >= 0.3 is 0 Å². The van der Waals surface area contributed by atoms with Gasteiger partial charge in [0, 0.05) is 17.0 Å². The van der Waals surface area contributed by atoms with E-state index in [1.807, 2.05) is 55.6 Å². The van der Waals surface area contributed by atoms with E-state index >= 15 is 0 Å². The fraction of sp³-hybridized carbons (Fsp3) is 0.440. The Kier molecular flexibility index (Phi) is 8.10. The number of carbonyl (C=O) groups excluding carboxylic acids is 2. The molecule has 1 saturated heterocycles. The third-order valence-electron chi connectivity index (χ3n) is 5.56. The van der Waals surface area contributed by atoms with Gasteiger partial charge in [-0.2, -0.15) is 0 Å². The van der Waals surface area contributed by atoms with Crippen molar-refractivity contribution in [2.24, 2.45) is 0 Å². The molecule has 1 atom stereocenters. The Labute approximate surface area is 194 Å². The summed E-state index contributed by atoms with van der Waals surface area (Å²) in [6.07, 6.45) is 2.76. The van der Waals surface area contributed by atoms with E-state index in [1.165, 1.54) is 11.3 Å². The number of carbonyl (C=O) groups is 2. The summed E-state index contributed by atoms with van der Waals surface area (Å²) < 4.78 is 5.81. The lowest BCUT2D eigenvalue weighted by molar-refractivity contribution is -0.139. The second-order valence-electron chi connectivity index (χ2n) is 8.35. The molecule has 32 heavy (non-hydrogen) atoms. The average molecular weight is 457 g/mol. The number of hydrogen-bond donors (Lipinski definition) is 1. The van der Waals surface area contributed by atoms with Crippen molar-refractivity contribution in [2.75, 3.05) is 33.8 Å². The SMILES string of the molecule is CCCCOc1ccc(/C(O)=C2/C(=O)C(=O)N(CCCN(C)C)C2c2cccs2)cc1C. The first kappa shape index (κ1) is 24.0. The second-order valence-corrected chi connectivity index (χ2v) is 9.33. The first-order chi connectivity index (χ1) is 15.3. The van der Waals surface area contributed by atoms with Gasteiger partial charge in [0.15, 0.2) is 0 Å². The number of amides is 1. The number of nitrogens with zero attached hydrogens (tertiary/aromatic N) is 2. The number of ether oxygens (including phenoxy) is 1. The van der Waals surface area contributed by atoms with E-state index in [2.05, 4.69) is 6.92 Å². The molecule has 1 aliphatic rings. The van der Waals surface area contributed by atoms with Gasteiger partial charge in [-0.05, 0) is 75.6 Å². The summed E-state index contributed by atoms with van der Waals surface area (Å²) in [5.41, 5.74) is 1.54. The lowest BCUT2D eigenvalue weighted by Gasteiger charge is -2.24. The lowest BCUT2D eigenvalue weighted by atomic mass is 9.98. The number of unbranched alkanes of at least 4 members (excludes halogenated alkanes) is 1. The number of thiophene rings is 1. The van der Waals surface area contributed by atoms with E-state index in [9.17, 15) is 14.7 Å². The molecule has 2 heterocycles. The molecule has 1 N–H and O–H groups in total. The Morgan fingerprint density at radius 3 is 2.62 bits per heavy atom. The maximum absolute atomic E-state index is 13.0. The van der Waals surface area contributed by atoms with Crippen molar-refractivity contribution in [3.8, 4) is 5.75 Å². The third kappa shape index (κ3) is 5.22. The van der Waals surface area contributed by atoms with E-state index in [-0.39, 0.29) is 11.3 Å².